The van der Waals surface area contributed by atoms with Crippen molar-refractivity contribution in [3.8, 4) is 28.3 Å². The number of benzene rings is 3. The maximum atomic E-state index is 5.39. The van der Waals surface area contributed by atoms with Gasteiger partial charge < -0.3 is 9.26 Å². The van der Waals surface area contributed by atoms with Gasteiger partial charge >= 0.3 is 0 Å². The van der Waals surface area contributed by atoms with Gasteiger partial charge in [-0.25, -0.2) is 0 Å². The van der Waals surface area contributed by atoms with E-state index in [-0.39, 0.29) is 0 Å². The van der Waals surface area contributed by atoms with Crippen LogP contribution < -0.4 is 4.74 Å². The molecule has 4 heteroatoms. The number of hydrogen-bond donors (Lipinski definition) is 0. The average Bonchev–Trinajstić information content (AvgIpc) is 3.18. The van der Waals surface area contributed by atoms with E-state index in [4.69, 9.17) is 9.26 Å². The fraction of sp³-hybridized carbons (Fsp3) is 0.0909. The molecule has 0 saturated heterocycles. The van der Waals surface area contributed by atoms with Crippen LogP contribution in [0.4, 0.5) is 0 Å². The molecule has 0 N–H and O–H groups in total. The molecule has 0 fully saturated rings. The maximum Gasteiger partial charge on any atom is 0.231 e. The standard InChI is InChI=1S/C22H18N2O2/c1-25-20-13-11-18(12-14-20)17-9-7-16(8-10-17)15-21-23-22(24-26-21)19-5-3-2-4-6-19/h2-14H,15H2,1H3. The molecule has 3 aromatic carbocycles. The molecule has 1 aromatic heterocycles. The first-order chi connectivity index (χ1) is 12.8. The van der Waals surface area contributed by atoms with Crippen LogP contribution in [0.25, 0.3) is 22.5 Å². The molecule has 0 unspecified atom stereocenters. The highest BCUT2D eigenvalue weighted by Gasteiger charge is 2.09. The molecule has 128 valence electrons. The maximum absolute atomic E-state index is 5.39. The lowest BCUT2D eigenvalue weighted by Gasteiger charge is -2.05. The van der Waals surface area contributed by atoms with Gasteiger partial charge in [0, 0.05) is 5.56 Å². The van der Waals surface area contributed by atoms with Gasteiger partial charge in [-0.15, -0.1) is 0 Å². The van der Waals surface area contributed by atoms with Crippen molar-refractivity contribution in [1.29, 1.82) is 0 Å². The van der Waals surface area contributed by atoms with Crippen LogP contribution in [0.5, 0.6) is 5.75 Å². The van der Waals surface area contributed by atoms with Crippen molar-refractivity contribution < 1.29 is 9.26 Å². The summed E-state index contributed by atoms with van der Waals surface area (Å²) in [7, 11) is 1.67. The molecule has 0 aliphatic rings. The van der Waals surface area contributed by atoms with Gasteiger partial charge in [0.25, 0.3) is 0 Å². The normalized spacial score (nSPS) is 10.7. The van der Waals surface area contributed by atoms with Crippen LogP contribution in [-0.4, -0.2) is 17.3 Å². The Bertz CT molecular complexity index is 975. The van der Waals surface area contributed by atoms with Crippen molar-refractivity contribution in [2.45, 2.75) is 6.42 Å². The second kappa shape index (κ2) is 7.23. The van der Waals surface area contributed by atoms with Gasteiger partial charge in [-0.2, -0.15) is 4.98 Å². The first-order valence-electron chi connectivity index (χ1n) is 8.43. The van der Waals surface area contributed by atoms with E-state index in [2.05, 4.69) is 46.5 Å². The van der Waals surface area contributed by atoms with E-state index in [0.717, 1.165) is 28.0 Å². The van der Waals surface area contributed by atoms with Crippen LogP contribution in [0.2, 0.25) is 0 Å². The second-order valence-electron chi connectivity index (χ2n) is 5.98. The quantitative estimate of drug-likeness (QED) is 0.512. The van der Waals surface area contributed by atoms with E-state index < -0.39 is 0 Å². The zero-order valence-corrected chi connectivity index (χ0v) is 14.4. The summed E-state index contributed by atoms with van der Waals surface area (Å²) < 4.78 is 10.6. The molecular weight excluding hydrogens is 324 g/mol. The zero-order valence-electron chi connectivity index (χ0n) is 14.4. The van der Waals surface area contributed by atoms with Crippen LogP contribution in [0.3, 0.4) is 0 Å². The Kier molecular flexibility index (Phi) is 4.48. The number of ether oxygens (including phenoxy) is 1. The van der Waals surface area contributed by atoms with Crippen molar-refractivity contribution in [1.82, 2.24) is 10.1 Å². The topological polar surface area (TPSA) is 48.2 Å². The minimum absolute atomic E-state index is 0.612. The number of hydrogen-bond acceptors (Lipinski definition) is 4. The van der Waals surface area contributed by atoms with Crippen molar-refractivity contribution in [2.75, 3.05) is 7.11 Å². The molecular formula is C22H18N2O2. The SMILES string of the molecule is COc1ccc(-c2ccc(Cc3nc(-c4ccccc4)no3)cc2)cc1. The lowest BCUT2D eigenvalue weighted by molar-refractivity contribution is 0.385. The Balaban J connectivity index is 1.48. The van der Waals surface area contributed by atoms with Crippen LogP contribution in [0.15, 0.2) is 83.4 Å². The lowest BCUT2D eigenvalue weighted by atomic mass is 10.0. The highest BCUT2D eigenvalue weighted by Crippen LogP contribution is 2.23. The molecule has 26 heavy (non-hydrogen) atoms. The van der Waals surface area contributed by atoms with Crippen molar-refractivity contribution in [3.63, 3.8) is 0 Å². The molecule has 0 spiro atoms. The first kappa shape index (κ1) is 16.1. The minimum atomic E-state index is 0.612. The lowest BCUT2D eigenvalue weighted by Crippen LogP contribution is -1.89. The molecule has 0 atom stereocenters. The average molecular weight is 342 g/mol. The summed E-state index contributed by atoms with van der Waals surface area (Å²) in [6.07, 6.45) is 0.614. The molecule has 4 rings (SSSR count). The summed E-state index contributed by atoms with van der Waals surface area (Å²) in [5, 5.41) is 4.07. The molecule has 4 aromatic rings. The van der Waals surface area contributed by atoms with E-state index in [9.17, 15) is 0 Å². The molecule has 0 aliphatic carbocycles. The predicted octanol–water partition coefficient (Wildman–Crippen LogP) is 5.00. The fourth-order valence-electron chi connectivity index (χ4n) is 2.80. The number of methoxy groups -OCH3 is 1. The highest BCUT2D eigenvalue weighted by molar-refractivity contribution is 5.64. The largest absolute Gasteiger partial charge is 0.497 e. The molecule has 0 amide bonds. The van der Waals surface area contributed by atoms with Gasteiger partial charge in [-0.05, 0) is 28.8 Å². The molecule has 0 saturated carbocycles. The predicted molar refractivity (Wildman–Crippen MR) is 101 cm³/mol. The van der Waals surface area contributed by atoms with Crippen LogP contribution >= 0.6 is 0 Å². The number of rotatable bonds is 5. The van der Waals surface area contributed by atoms with E-state index in [1.54, 1.807) is 7.11 Å². The molecule has 0 aliphatic heterocycles. The highest BCUT2D eigenvalue weighted by atomic mass is 16.5. The van der Waals surface area contributed by atoms with Gasteiger partial charge in [0.1, 0.15) is 5.75 Å². The Morgan fingerprint density at radius 3 is 2.08 bits per heavy atom. The van der Waals surface area contributed by atoms with Gasteiger partial charge in [0.05, 0.1) is 13.5 Å². The molecule has 0 radical (unpaired) electrons. The molecule has 4 nitrogen and oxygen atoms in total. The van der Waals surface area contributed by atoms with Crippen LogP contribution in [0.1, 0.15) is 11.5 Å². The third-order valence-electron chi connectivity index (χ3n) is 4.23. The van der Waals surface area contributed by atoms with Gasteiger partial charge in [-0.1, -0.05) is 71.9 Å². The summed E-state index contributed by atoms with van der Waals surface area (Å²) in [4.78, 5) is 4.48. The summed E-state index contributed by atoms with van der Waals surface area (Å²) in [6, 6.07) is 26.3. The smallest absolute Gasteiger partial charge is 0.231 e. The van der Waals surface area contributed by atoms with Crippen LogP contribution in [-0.2, 0) is 6.42 Å². The summed E-state index contributed by atoms with van der Waals surface area (Å²) >= 11 is 0. The molecule has 1 heterocycles. The minimum Gasteiger partial charge on any atom is -0.497 e. The fourth-order valence-corrected chi connectivity index (χ4v) is 2.80. The van der Waals surface area contributed by atoms with E-state index in [0.29, 0.717) is 18.1 Å². The summed E-state index contributed by atoms with van der Waals surface area (Å²) in [5.74, 6) is 2.09. The Hall–Kier alpha value is -3.40. The number of aromatic nitrogens is 2. The monoisotopic (exact) mass is 342 g/mol. The van der Waals surface area contributed by atoms with Crippen molar-refractivity contribution in [2.24, 2.45) is 0 Å². The first-order valence-corrected chi connectivity index (χ1v) is 8.43. The summed E-state index contributed by atoms with van der Waals surface area (Å²) in [5.41, 5.74) is 4.40. The van der Waals surface area contributed by atoms with Crippen LogP contribution in [0, 0.1) is 0 Å². The van der Waals surface area contributed by atoms with E-state index >= 15 is 0 Å². The van der Waals surface area contributed by atoms with E-state index in [1.165, 1.54) is 0 Å². The molecule has 0 bridgehead atoms. The Labute approximate surface area is 152 Å². The summed E-state index contributed by atoms with van der Waals surface area (Å²) in [6.45, 7) is 0. The van der Waals surface area contributed by atoms with Gasteiger partial charge in [0.15, 0.2) is 0 Å². The van der Waals surface area contributed by atoms with Crippen molar-refractivity contribution in [3.05, 3.63) is 90.3 Å². The van der Waals surface area contributed by atoms with E-state index in [1.807, 2.05) is 42.5 Å². The second-order valence-corrected chi connectivity index (χ2v) is 5.98. The number of nitrogens with zero attached hydrogens (tertiary/aromatic N) is 2. The van der Waals surface area contributed by atoms with Gasteiger partial charge in [0.2, 0.25) is 11.7 Å². The zero-order chi connectivity index (χ0) is 17.8. The van der Waals surface area contributed by atoms with Crippen molar-refractivity contribution >= 4 is 0 Å². The third-order valence-corrected chi connectivity index (χ3v) is 4.23. The third kappa shape index (κ3) is 3.49. The van der Waals surface area contributed by atoms with Gasteiger partial charge in [-0.3, -0.25) is 0 Å². The Morgan fingerprint density at radius 2 is 1.42 bits per heavy atom. The Morgan fingerprint density at radius 1 is 0.769 bits per heavy atom.